The average Bonchev–Trinajstić information content (AvgIpc) is 3.46. The summed E-state index contributed by atoms with van der Waals surface area (Å²) in [4.78, 5) is 33.8. The molecule has 2 heterocycles. The van der Waals surface area contributed by atoms with Crippen LogP contribution in [0.3, 0.4) is 0 Å². The summed E-state index contributed by atoms with van der Waals surface area (Å²) in [6.45, 7) is 2.34. The predicted molar refractivity (Wildman–Crippen MR) is 144 cm³/mol. The first-order valence-corrected chi connectivity index (χ1v) is 14.1. The molecule has 0 bridgehead atoms. The Labute approximate surface area is 220 Å². The highest BCUT2D eigenvalue weighted by Crippen LogP contribution is 2.27. The van der Waals surface area contributed by atoms with Gasteiger partial charge < -0.3 is 19.1 Å². The second kappa shape index (κ2) is 11.8. The summed E-state index contributed by atoms with van der Waals surface area (Å²) in [5, 5.41) is 0.925. The molecule has 8 nitrogen and oxygen atoms in total. The molecule has 1 aromatic heterocycles. The lowest BCUT2D eigenvalue weighted by atomic mass is 10.1. The first kappa shape index (κ1) is 25.4. The molecule has 1 aliphatic heterocycles. The van der Waals surface area contributed by atoms with E-state index in [2.05, 4.69) is 9.71 Å². The number of aromatic nitrogens is 1. The smallest absolute Gasteiger partial charge is 0.409 e. The van der Waals surface area contributed by atoms with Gasteiger partial charge in [-0.25, -0.2) is 9.52 Å². The van der Waals surface area contributed by atoms with E-state index in [9.17, 15) is 14.1 Å². The molecule has 1 N–H and O–H groups in total. The maximum atomic E-state index is 13.0. The van der Waals surface area contributed by atoms with Crippen molar-refractivity contribution in [1.82, 2.24) is 14.8 Å². The van der Waals surface area contributed by atoms with Crippen LogP contribution < -0.4 is 4.72 Å². The second-order valence-electron chi connectivity index (χ2n) is 9.61. The minimum Gasteiger partial charge on any atom is -0.588 e. The van der Waals surface area contributed by atoms with Crippen molar-refractivity contribution >= 4 is 40.0 Å². The molecule has 9 heteroatoms. The lowest BCUT2D eigenvalue weighted by Gasteiger charge is -2.34. The van der Waals surface area contributed by atoms with E-state index < -0.39 is 11.4 Å². The Kier molecular flexibility index (Phi) is 8.11. The number of para-hydroxylation sites is 1. The highest BCUT2D eigenvalue weighted by Gasteiger charge is 2.26. The Morgan fingerprint density at radius 3 is 2.43 bits per heavy atom. The Bertz CT molecular complexity index is 1220. The predicted octanol–water partition coefficient (Wildman–Crippen LogP) is 4.84. The Morgan fingerprint density at radius 1 is 0.973 bits per heavy atom. The molecule has 2 aromatic carbocycles. The molecule has 1 unspecified atom stereocenters. The van der Waals surface area contributed by atoms with Crippen molar-refractivity contribution in [3.8, 4) is 0 Å². The number of ether oxygens (including phenoxy) is 1. The number of pyridine rings is 1. The Morgan fingerprint density at radius 2 is 1.68 bits per heavy atom. The molecule has 0 spiro atoms. The van der Waals surface area contributed by atoms with Crippen molar-refractivity contribution in [3.63, 3.8) is 0 Å². The number of carbonyl (C=O) groups excluding carboxylic acids is 2. The maximum Gasteiger partial charge on any atom is 0.409 e. The van der Waals surface area contributed by atoms with Gasteiger partial charge in [-0.3, -0.25) is 9.78 Å². The van der Waals surface area contributed by atoms with Crippen LogP contribution in [0, 0.1) is 5.92 Å². The highest BCUT2D eigenvalue weighted by atomic mass is 32.2. The fourth-order valence-corrected chi connectivity index (χ4v) is 6.06. The van der Waals surface area contributed by atoms with Crippen LogP contribution in [-0.4, -0.2) is 64.1 Å². The van der Waals surface area contributed by atoms with Crippen LogP contribution in [0.25, 0.3) is 10.9 Å². The number of hydrogen-bond acceptors (Lipinski definition) is 6. The van der Waals surface area contributed by atoms with E-state index in [1.165, 1.54) is 25.7 Å². The number of anilines is 1. The number of rotatable bonds is 7. The number of hydrogen-bond donors (Lipinski definition) is 1. The molecule has 3 aromatic rings. The topological polar surface area (TPSA) is 97.8 Å². The largest absolute Gasteiger partial charge is 0.588 e. The SMILES string of the molecule is O=C(OCCC1CCCC1)N1CCN(C(=O)c2ccc(N[S+]([O-])c3cccc4cccnc34)cc2)CC1. The van der Waals surface area contributed by atoms with Crippen LogP contribution in [0.5, 0.6) is 0 Å². The van der Waals surface area contributed by atoms with Crippen molar-refractivity contribution in [2.75, 3.05) is 37.5 Å². The summed E-state index contributed by atoms with van der Waals surface area (Å²) in [5.41, 5.74) is 1.89. The number of piperazine rings is 1. The zero-order valence-electron chi connectivity index (χ0n) is 20.8. The van der Waals surface area contributed by atoms with Gasteiger partial charge in [0.25, 0.3) is 5.91 Å². The molecule has 5 rings (SSSR count). The molecule has 1 saturated carbocycles. The summed E-state index contributed by atoms with van der Waals surface area (Å²) in [5.74, 6) is 0.610. The zero-order valence-corrected chi connectivity index (χ0v) is 21.6. The van der Waals surface area contributed by atoms with Crippen LogP contribution in [0.4, 0.5) is 10.5 Å². The fraction of sp³-hybridized carbons (Fsp3) is 0.393. The van der Waals surface area contributed by atoms with E-state index in [-0.39, 0.29) is 12.0 Å². The summed E-state index contributed by atoms with van der Waals surface area (Å²) < 4.78 is 21.4. The summed E-state index contributed by atoms with van der Waals surface area (Å²) in [7, 11) is 0. The van der Waals surface area contributed by atoms with Gasteiger partial charge in [0.05, 0.1) is 12.3 Å². The molecule has 2 fully saturated rings. The van der Waals surface area contributed by atoms with E-state index in [0.29, 0.717) is 60.4 Å². The first-order valence-electron chi connectivity index (χ1n) is 12.9. The molecule has 1 saturated heterocycles. The summed E-state index contributed by atoms with van der Waals surface area (Å²) in [6, 6.07) is 16.3. The third-order valence-corrected chi connectivity index (χ3v) is 8.34. The van der Waals surface area contributed by atoms with Crippen molar-refractivity contribution in [2.45, 2.75) is 37.0 Å². The number of nitrogens with zero attached hydrogens (tertiary/aromatic N) is 3. The van der Waals surface area contributed by atoms with Gasteiger partial charge in [0.2, 0.25) is 4.90 Å². The van der Waals surface area contributed by atoms with Crippen LogP contribution in [-0.2, 0) is 16.1 Å². The zero-order chi connectivity index (χ0) is 25.6. The number of fused-ring (bicyclic) bond motifs is 1. The van der Waals surface area contributed by atoms with E-state index in [1.54, 1.807) is 46.3 Å². The minimum absolute atomic E-state index is 0.0832. The van der Waals surface area contributed by atoms with Gasteiger partial charge in [-0.2, -0.15) is 0 Å². The van der Waals surface area contributed by atoms with E-state index in [0.717, 1.165) is 11.8 Å². The van der Waals surface area contributed by atoms with Gasteiger partial charge in [0.15, 0.2) is 0 Å². The van der Waals surface area contributed by atoms with E-state index in [1.807, 2.05) is 24.3 Å². The van der Waals surface area contributed by atoms with Gasteiger partial charge in [0.1, 0.15) is 16.9 Å². The lowest BCUT2D eigenvalue weighted by molar-refractivity contribution is 0.0549. The van der Waals surface area contributed by atoms with Crippen LogP contribution in [0.15, 0.2) is 65.7 Å². The van der Waals surface area contributed by atoms with Crippen molar-refractivity contribution in [2.24, 2.45) is 5.92 Å². The molecule has 1 aliphatic carbocycles. The molecule has 194 valence electrons. The lowest BCUT2D eigenvalue weighted by Crippen LogP contribution is -2.50. The monoisotopic (exact) mass is 520 g/mol. The first-order chi connectivity index (χ1) is 18.1. The van der Waals surface area contributed by atoms with Gasteiger partial charge in [0, 0.05) is 43.3 Å². The third kappa shape index (κ3) is 6.17. The van der Waals surface area contributed by atoms with Gasteiger partial charge in [-0.1, -0.05) is 43.9 Å². The van der Waals surface area contributed by atoms with Gasteiger partial charge >= 0.3 is 6.09 Å². The standard InChI is InChI=1S/C28H32N4O4S/c33-27(31-16-18-32(19-17-31)28(34)36-20-14-21-5-1-2-6-21)23-10-12-24(13-11-23)30-37(35)25-9-3-7-22-8-4-15-29-26(22)25/h3-4,7-13,15,21,30H,1-2,5-6,14,16-20H2. The Balaban J connectivity index is 1.11. The molecule has 37 heavy (non-hydrogen) atoms. The quantitative estimate of drug-likeness (QED) is 0.448. The average molecular weight is 521 g/mol. The third-order valence-electron chi connectivity index (χ3n) is 7.19. The normalized spacial score (nSPS) is 17.1. The van der Waals surface area contributed by atoms with Crippen molar-refractivity contribution < 1.29 is 18.9 Å². The molecular weight excluding hydrogens is 488 g/mol. The second-order valence-corrected chi connectivity index (χ2v) is 10.8. The van der Waals surface area contributed by atoms with E-state index in [4.69, 9.17) is 4.74 Å². The number of amides is 2. The molecular formula is C28H32N4O4S. The van der Waals surface area contributed by atoms with Crippen LogP contribution in [0.2, 0.25) is 0 Å². The molecule has 1 atom stereocenters. The number of benzene rings is 2. The minimum atomic E-state index is -1.50. The highest BCUT2D eigenvalue weighted by molar-refractivity contribution is 7.93. The maximum absolute atomic E-state index is 13.0. The van der Waals surface area contributed by atoms with Crippen LogP contribution in [0.1, 0.15) is 42.5 Å². The Hall–Kier alpha value is -3.30. The van der Waals surface area contributed by atoms with Crippen molar-refractivity contribution in [3.05, 3.63) is 66.4 Å². The van der Waals surface area contributed by atoms with Gasteiger partial charge in [-0.05, 0) is 48.7 Å². The fourth-order valence-electron chi connectivity index (χ4n) is 5.05. The van der Waals surface area contributed by atoms with Crippen molar-refractivity contribution in [1.29, 1.82) is 0 Å². The summed E-state index contributed by atoms with van der Waals surface area (Å²) in [6.07, 6.45) is 7.41. The number of carbonyl (C=O) groups is 2. The number of nitrogens with one attached hydrogen (secondary N) is 1. The molecule has 2 aliphatic rings. The molecule has 0 radical (unpaired) electrons. The van der Waals surface area contributed by atoms with Crippen LogP contribution >= 0.6 is 0 Å². The molecule has 2 amide bonds. The van der Waals surface area contributed by atoms with Gasteiger partial charge in [-0.15, -0.1) is 0 Å². The van der Waals surface area contributed by atoms with E-state index >= 15 is 0 Å². The summed E-state index contributed by atoms with van der Waals surface area (Å²) >= 11 is -1.50.